The van der Waals surface area contributed by atoms with Crippen molar-refractivity contribution >= 4 is 5.96 Å². The molecule has 0 unspecified atom stereocenters. The van der Waals surface area contributed by atoms with Crippen molar-refractivity contribution in [1.29, 1.82) is 0 Å². The van der Waals surface area contributed by atoms with Crippen LogP contribution in [0.1, 0.15) is 24.5 Å². The van der Waals surface area contributed by atoms with Crippen LogP contribution < -0.4 is 5.32 Å². The van der Waals surface area contributed by atoms with Gasteiger partial charge in [-0.15, -0.1) is 0 Å². The number of aromatic nitrogens is 2. The molecule has 0 amide bonds. The topological polar surface area (TPSA) is 45.5 Å². The van der Waals surface area contributed by atoms with Gasteiger partial charge in [0.2, 0.25) is 0 Å². The Morgan fingerprint density at radius 2 is 2.09 bits per heavy atom. The lowest BCUT2D eigenvalue weighted by Crippen LogP contribution is -2.38. The van der Waals surface area contributed by atoms with E-state index in [1.807, 2.05) is 16.9 Å². The Morgan fingerprint density at radius 1 is 1.30 bits per heavy atom. The van der Waals surface area contributed by atoms with E-state index < -0.39 is 0 Å². The van der Waals surface area contributed by atoms with E-state index in [-0.39, 0.29) is 0 Å². The molecule has 1 heterocycles. The number of guanidine groups is 1. The van der Waals surface area contributed by atoms with E-state index in [0.29, 0.717) is 0 Å². The number of nitrogens with zero attached hydrogens (tertiary/aromatic N) is 4. The molecular weight excluding hydrogens is 286 g/mol. The minimum Gasteiger partial charge on any atom is -0.357 e. The second kappa shape index (κ2) is 8.98. The summed E-state index contributed by atoms with van der Waals surface area (Å²) < 4.78 is 1.98. The summed E-state index contributed by atoms with van der Waals surface area (Å²) in [6.07, 6.45) is 4.94. The summed E-state index contributed by atoms with van der Waals surface area (Å²) >= 11 is 0. The van der Waals surface area contributed by atoms with Crippen molar-refractivity contribution in [1.82, 2.24) is 20.0 Å². The van der Waals surface area contributed by atoms with Crippen LogP contribution in [0.2, 0.25) is 0 Å². The molecule has 0 aliphatic heterocycles. The lowest BCUT2D eigenvalue weighted by atomic mass is 10.2. The Balaban J connectivity index is 1.85. The molecule has 5 nitrogen and oxygen atoms in total. The maximum Gasteiger partial charge on any atom is 0.193 e. The molecule has 23 heavy (non-hydrogen) atoms. The number of aliphatic imine (C=N–C) groups is 1. The van der Waals surface area contributed by atoms with Crippen LogP contribution in [0.4, 0.5) is 0 Å². The molecule has 2 rings (SSSR count). The molecule has 0 spiro atoms. The minimum atomic E-state index is 0.792. The van der Waals surface area contributed by atoms with Gasteiger partial charge in [0.15, 0.2) is 5.96 Å². The second-order valence-electron chi connectivity index (χ2n) is 5.71. The highest BCUT2D eigenvalue weighted by Gasteiger charge is 2.06. The zero-order chi connectivity index (χ0) is 16.5. The van der Waals surface area contributed by atoms with Crippen molar-refractivity contribution in [3.63, 3.8) is 0 Å². The Kier molecular flexibility index (Phi) is 6.66. The van der Waals surface area contributed by atoms with Gasteiger partial charge < -0.3 is 10.2 Å². The fourth-order valence-corrected chi connectivity index (χ4v) is 2.41. The molecular formula is C18H27N5. The molecule has 5 heteroatoms. The summed E-state index contributed by atoms with van der Waals surface area (Å²) in [4.78, 5) is 6.89. The lowest BCUT2D eigenvalue weighted by Gasteiger charge is -2.22. The van der Waals surface area contributed by atoms with Crippen molar-refractivity contribution in [2.45, 2.75) is 33.4 Å². The number of rotatable bonds is 7. The number of hydrogen-bond donors (Lipinski definition) is 1. The third-order valence-electron chi connectivity index (χ3n) is 3.53. The van der Waals surface area contributed by atoms with Crippen molar-refractivity contribution in [2.75, 3.05) is 20.1 Å². The van der Waals surface area contributed by atoms with Gasteiger partial charge in [-0.3, -0.25) is 9.67 Å². The highest BCUT2D eigenvalue weighted by molar-refractivity contribution is 5.79. The smallest absolute Gasteiger partial charge is 0.193 e. The van der Waals surface area contributed by atoms with E-state index >= 15 is 0 Å². The Bertz CT molecular complexity index is 603. The summed E-state index contributed by atoms with van der Waals surface area (Å²) in [7, 11) is 2.07. The van der Waals surface area contributed by atoms with E-state index in [1.54, 1.807) is 0 Å². The predicted octanol–water partition coefficient (Wildman–Crippen LogP) is 2.68. The van der Waals surface area contributed by atoms with Crippen molar-refractivity contribution < 1.29 is 0 Å². The highest BCUT2D eigenvalue weighted by Crippen LogP contribution is 2.03. The van der Waals surface area contributed by atoms with E-state index in [1.165, 1.54) is 11.1 Å². The van der Waals surface area contributed by atoms with Crippen LogP contribution in [-0.2, 0) is 13.1 Å². The molecule has 0 radical (unpaired) electrons. The zero-order valence-corrected chi connectivity index (χ0v) is 14.4. The van der Waals surface area contributed by atoms with E-state index in [0.717, 1.165) is 38.6 Å². The van der Waals surface area contributed by atoms with E-state index in [4.69, 9.17) is 4.99 Å². The molecule has 0 bridgehead atoms. The predicted molar refractivity (Wildman–Crippen MR) is 95.5 cm³/mol. The maximum absolute atomic E-state index is 4.72. The molecule has 0 atom stereocenters. The summed E-state index contributed by atoms with van der Waals surface area (Å²) in [6.45, 7) is 7.57. The summed E-state index contributed by atoms with van der Waals surface area (Å²) in [5.74, 6) is 0.952. The van der Waals surface area contributed by atoms with Crippen molar-refractivity contribution in [3.05, 3.63) is 53.9 Å². The van der Waals surface area contributed by atoms with Crippen LogP contribution >= 0.6 is 0 Å². The fraction of sp³-hybridized carbons (Fsp3) is 0.444. The number of hydrogen-bond acceptors (Lipinski definition) is 2. The van der Waals surface area contributed by atoms with Gasteiger partial charge in [-0.25, -0.2) is 0 Å². The Morgan fingerprint density at radius 3 is 2.74 bits per heavy atom. The molecule has 1 N–H and O–H groups in total. The molecule has 0 aliphatic rings. The van der Waals surface area contributed by atoms with Gasteiger partial charge in [0.1, 0.15) is 0 Å². The highest BCUT2D eigenvalue weighted by atomic mass is 15.3. The van der Waals surface area contributed by atoms with Crippen LogP contribution in [0.5, 0.6) is 0 Å². The van der Waals surface area contributed by atoms with Gasteiger partial charge in [0.05, 0.1) is 6.20 Å². The second-order valence-corrected chi connectivity index (χ2v) is 5.71. The Labute approximate surface area is 139 Å². The van der Waals surface area contributed by atoms with E-state index in [2.05, 4.69) is 66.7 Å². The Hall–Kier alpha value is -2.30. The van der Waals surface area contributed by atoms with Crippen molar-refractivity contribution in [3.8, 4) is 0 Å². The molecule has 0 aliphatic carbocycles. The first-order valence-corrected chi connectivity index (χ1v) is 8.21. The zero-order valence-electron chi connectivity index (χ0n) is 14.4. The van der Waals surface area contributed by atoms with Crippen LogP contribution in [0.25, 0.3) is 0 Å². The average Bonchev–Trinajstić information content (AvgIpc) is 2.96. The molecule has 1 aromatic carbocycles. The minimum absolute atomic E-state index is 0.792. The molecule has 124 valence electrons. The normalized spacial score (nSPS) is 11.5. The number of aryl methyl sites for hydroxylation is 2. The van der Waals surface area contributed by atoms with Crippen LogP contribution in [0, 0.1) is 6.92 Å². The lowest BCUT2D eigenvalue weighted by molar-refractivity contribution is 0.475. The first-order valence-electron chi connectivity index (χ1n) is 8.21. The van der Waals surface area contributed by atoms with Gasteiger partial charge in [-0.2, -0.15) is 5.10 Å². The number of nitrogens with one attached hydrogen (secondary N) is 1. The molecule has 0 saturated carbocycles. The monoisotopic (exact) mass is 313 g/mol. The molecule has 0 saturated heterocycles. The molecule has 0 fully saturated rings. The van der Waals surface area contributed by atoms with Crippen LogP contribution in [0.15, 0.2) is 47.7 Å². The largest absolute Gasteiger partial charge is 0.357 e. The summed E-state index contributed by atoms with van der Waals surface area (Å²) in [5.41, 5.74) is 2.48. The van der Waals surface area contributed by atoms with Crippen LogP contribution in [0.3, 0.4) is 0 Å². The first-order chi connectivity index (χ1) is 11.2. The molecule has 2 aromatic rings. The third kappa shape index (κ3) is 5.77. The first kappa shape index (κ1) is 17.1. The van der Waals surface area contributed by atoms with Gasteiger partial charge in [0, 0.05) is 39.4 Å². The van der Waals surface area contributed by atoms with Gasteiger partial charge in [0.25, 0.3) is 0 Å². The van der Waals surface area contributed by atoms with Crippen LogP contribution in [-0.4, -0.2) is 40.8 Å². The van der Waals surface area contributed by atoms with Gasteiger partial charge >= 0.3 is 0 Å². The van der Waals surface area contributed by atoms with E-state index in [9.17, 15) is 0 Å². The van der Waals surface area contributed by atoms with Crippen molar-refractivity contribution in [2.24, 2.45) is 4.99 Å². The standard InChI is InChI=1S/C18H27N5/c1-4-19-18(22(3)15-17-9-6-5-7-10-17)20-11-8-12-23-14-16(2)13-21-23/h5-7,9-10,13-14H,4,8,11-12,15H2,1-3H3,(H,19,20). The van der Waals surface area contributed by atoms with Gasteiger partial charge in [-0.1, -0.05) is 30.3 Å². The third-order valence-corrected chi connectivity index (χ3v) is 3.53. The number of benzene rings is 1. The SMILES string of the molecule is CCNC(=NCCCn1cc(C)cn1)N(C)Cc1ccccc1. The fourth-order valence-electron chi connectivity index (χ4n) is 2.41. The summed E-state index contributed by atoms with van der Waals surface area (Å²) in [5, 5.41) is 7.66. The summed E-state index contributed by atoms with van der Waals surface area (Å²) in [6, 6.07) is 10.5. The average molecular weight is 313 g/mol. The quantitative estimate of drug-likeness (QED) is 0.486. The maximum atomic E-state index is 4.72. The van der Waals surface area contributed by atoms with Gasteiger partial charge in [-0.05, 0) is 31.4 Å². The molecule has 1 aromatic heterocycles.